The number of carbonyl (C=O) groups excluding carboxylic acids is 2. The number of nitrogens with zero attached hydrogens (tertiary/aromatic N) is 4. The Morgan fingerprint density at radius 2 is 1.86 bits per heavy atom. The monoisotopic (exact) mass is 508 g/mol. The predicted octanol–water partition coefficient (Wildman–Crippen LogP) is 1.99. The molecule has 2 amide bonds. The molecule has 2 aromatic carbocycles. The Morgan fingerprint density at radius 3 is 2.61 bits per heavy atom. The minimum atomic E-state index is -0.591. The molecule has 1 aliphatic rings. The molecule has 0 saturated heterocycles. The van der Waals surface area contributed by atoms with Gasteiger partial charge in [0.15, 0.2) is 0 Å². The molecule has 0 aliphatic heterocycles. The van der Waals surface area contributed by atoms with E-state index in [-0.39, 0.29) is 47.3 Å². The van der Waals surface area contributed by atoms with Crippen LogP contribution in [0.25, 0.3) is 16.7 Å². The lowest BCUT2D eigenvalue weighted by Gasteiger charge is -2.12. The number of rotatable bonds is 6. The van der Waals surface area contributed by atoms with Crippen LogP contribution in [0.15, 0.2) is 52.1 Å². The number of halogens is 1. The highest BCUT2D eigenvalue weighted by Gasteiger charge is 2.21. The van der Waals surface area contributed by atoms with E-state index in [0.717, 1.165) is 35.9 Å². The Morgan fingerprint density at radius 1 is 1.11 bits per heavy atom. The Balaban J connectivity index is 1.47. The van der Waals surface area contributed by atoms with Crippen molar-refractivity contribution in [2.75, 3.05) is 0 Å². The molecule has 36 heavy (non-hydrogen) atoms. The van der Waals surface area contributed by atoms with Crippen LogP contribution in [-0.4, -0.2) is 36.6 Å². The van der Waals surface area contributed by atoms with Crippen LogP contribution in [-0.2, 0) is 24.9 Å². The molecule has 186 valence electrons. The SMILES string of the molecule is Cn1c(=O)c2ccc(C(=O)NC3CCCC3)cc2n2c(=O)n(CC(=O)NCc3ccccc3Cl)nc12. The number of hydrogen-bond acceptors (Lipinski definition) is 5. The largest absolute Gasteiger partial charge is 0.352 e. The van der Waals surface area contributed by atoms with Crippen LogP contribution >= 0.6 is 11.6 Å². The summed E-state index contributed by atoms with van der Waals surface area (Å²) in [5.74, 6) is -0.617. The van der Waals surface area contributed by atoms with E-state index in [1.165, 1.54) is 22.1 Å². The summed E-state index contributed by atoms with van der Waals surface area (Å²) < 4.78 is 3.51. The van der Waals surface area contributed by atoms with Crippen molar-refractivity contribution >= 4 is 40.1 Å². The summed E-state index contributed by atoms with van der Waals surface area (Å²) in [6.45, 7) is -0.149. The second kappa shape index (κ2) is 9.62. The van der Waals surface area contributed by atoms with Crippen LogP contribution < -0.4 is 21.9 Å². The number of hydrogen-bond donors (Lipinski definition) is 2. The van der Waals surface area contributed by atoms with Crippen molar-refractivity contribution in [2.24, 2.45) is 7.05 Å². The molecule has 10 nitrogen and oxygen atoms in total. The van der Waals surface area contributed by atoms with Gasteiger partial charge in [0, 0.05) is 30.2 Å². The third kappa shape index (κ3) is 4.39. The van der Waals surface area contributed by atoms with Gasteiger partial charge in [0.05, 0.1) is 10.9 Å². The zero-order chi connectivity index (χ0) is 25.4. The number of carbonyl (C=O) groups is 2. The number of nitrogens with one attached hydrogen (secondary N) is 2. The van der Waals surface area contributed by atoms with Crippen LogP contribution in [0.3, 0.4) is 0 Å². The molecule has 11 heteroatoms. The summed E-state index contributed by atoms with van der Waals surface area (Å²) in [6.07, 6.45) is 4.05. The van der Waals surface area contributed by atoms with E-state index in [1.807, 2.05) is 6.07 Å². The first-order valence-electron chi connectivity index (χ1n) is 11.8. The number of fused-ring (bicyclic) bond motifs is 3. The molecule has 0 atom stereocenters. The van der Waals surface area contributed by atoms with Gasteiger partial charge in [-0.15, -0.1) is 5.10 Å². The maximum atomic E-state index is 13.3. The van der Waals surface area contributed by atoms with Gasteiger partial charge in [0.2, 0.25) is 11.7 Å². The van der Waals surface area contributed by atoms with E-state index in [4.69, 9.17) is 11.6 Å². The van der Waals surface area contributed by atoms with E-state index in [2.05, 4.69) is 15.7 Å². The minimum absolute atomic E-state index is 0.0738. The number of aromatic nitrogens is 4. The van der Waals surface area contributed by atoms with Gasteiger partial charge in [-0.2, -0.15) is 0 Å². The molecule has 5 rings (SSSR count). The third-order valence-corrected chi connectivity index (χ3v) is 6.94. The first-order chi connectivity index (χ1) is 17.3. The molecule has 0 bridgehead atoms. The highest BCUT2D eigenvalue weighted by molar-refractivity contribution is 6.31. The van der Waals surface area contributed by atoms with Crippen LogP contribution in [0.5, 0.6) is 0 Å². The van der Waals surface area contributed by atoms with Crippen molar-refractivity contribution in [3.63, 3.8) is 0 Å². The van der Waals surface area contributed by atoms with Crippen molar-refractivity contribution < 1.29 is 9.59 Å². The van der Waals surface area contributed by atoms with Crippen molar-refractivity contribution in [3.8, 4) is 0 Å². The van der Waals surface area contributed by atoms with Crippen molar-refractivity contribution in [2.45, 2.75) is 44.8 Å². The lowest BCUT2D eigenvalue weighted by atomic mass is 10.1. The van der Waals surface area contributed by atoms with E-state index < -0.39 is 11.6 Å². The van der Waals surface area contributed by atoms with E-state index in [1.54, 1.807) is 30.3 Å². The molecule has 0 unspecified atom stereocenters. The maximum Gasteiger partial charge on any atom is 0.352 e. The first-order valence-corrected chi connectivity index (χ1v) is 12.1. The van der Waals surface area contributed by atoms with Gasteiger partial charge >= 0.3 is 5.69 Å². The quantitative estimate of drug-likeness (QED) is 0.413. The summed E-state index contributed by atoms with van der Waals surface area (Å²) >= 11 is 6.13. The van der Waals surface area contributed by atoms with E-state index in [0.29, 0.717) is 10.6 Å². The fourth-order valence-electron chi connectivity index (χ4n) is 4.60. The molecular formula is C25H25ClN6O4. The fraction of sp³-hybridized carbons (Fsp3) is 0.320. The Labute approximate surface area is 210 Å². The molecule has 0 spiro atoms. The average Bonchev–Trinajstić information content (AvgIpc) is 3.49. The minimum Gasteiger partial charge on any atom is -0.350 e. The Bertz CT molecular complexity index is 1610. The number of benzene rings is 2. The molecule has 1 saturated carbocycles. The number of aryl methyl sites for hydroxylation is 1. The molecule has 2 heterocycles. The molecule has 0 radical (unpaired) electrons. The zero-order valence-electron chi connectivity index (χ0n) is 19.7. The molecule has 2 N–H and O–H groups in total. The molecule has 4 aromatic rings. The van der Waals surface area contributed by atoms with Gasteiger partial charge in [-0.1, -0.05) is 42.6 Å². The highest BCUT2D eigenvalue weighted by Crippen LogP contribution is 2.19. The van der Waals surface area contributed by atoms with Crippen molar-refractivity contribution in [1.29, 1.82) is 0 Å². The molecule has 1 aliphatic carbocycles. The van der Waals surface area contributed by atoms with Crippen LogP contribution in [0.4, 0.5) is 0 Å². The van der Waals surface area contributed by atoms with E-state index >= 15 is 0 Å². The van der Waals surface area contributed by atoms with Crippen molar-refractivity contribution in [3.05, 3.63) is 79.5 Å². The van der Waals surface area contributed by atoms with Gasteiger partial charge in [0.1, 0.15) is 6.54 Å². The Kier molecular flexibility index (Phi) is 6.36. The molecule has 2 aromatic heterocycles. The number of amides is 2. The summed E-state index contributed by atoms with van der Waals surface area (Å²) in [4.78, 5) is 51.6. The topological polar surface area (TPSA) is 120 Å². The second-order valence-corrected chi connectivity index (χ2v) is 9.40. The summed E-state index contributed by atoms with van der Waals surface area (Å²) in [6, 6.07) is 11.9. The van der Waals surface area contributed by atoms with Crippen molar-refractivity contribution in [1.82, 2.24) is 29.4 Å². The normalized spacial score (nSPS) is 13.9. The maximum absolute atomic E-state index is 13.3. The first kappa shape index (κ1) is 23.8. The average molecular weight is 509 g/mol. The van der Waals surface area contributed by atoms with Gasteiger partial charge < -0.3 is 10.6 Å². The van der Waals surface area contributed by atoms with E-state index in [9.17, 15) is 19.2 Å². The predicted molar refractivity (Wildman–Crippen MR) is 135 cm³/mol. The van der Waals surface area contributed by atoms with Crippen LogP contribution in [0.2, 0.25) is 5.02 Å². The van der Waals surface area contributed by atoms with Crippen LogP contribution in [0, 0.1) is 0 Å². The lowest BCUT2D eigenvalue weighted by molar-refractivity contribution is -0.122. The smallest absolute Gasteiger partial charge is 0.350 e. The Hall–Kier alpha value is -3.92. The zero-order valence-corrected chi connectivity index (χ0v) is 20.4. The summed E-state index contributed by atoms with van der Waals surface area (Å²) in [5, 5.41) is 10.8. The third-order valence-electron chi connectivity index (χ3n) is 6.58. The van der Waals surface area contributed by atoms with Gasteiger partial charge in [-0.25, -0.2) is 13.9 Å². The highest BCUT2D eigenvalue weighted by atomic mass is 35.5. The van der Waals surface area contributed by atoms with Gasteiger partial charge in [-0.3, -0.25) is 19.0 Å². The van der Waals surface area contributed by atoms with Crippen LogP contribution in [0.1, 0.15) is 41.6 Å². The van der Waals surface area contributed by atoms with Gasteiger partial charge in [-0.05, 0) is 42.7 Å². The summed E-state index contributed by atoms with van der Waals surface area (Å²) in [7, 11) is 1.51. The fourth-order valence-corrected chi connectivity index (χ4v) is 4.81. The lowest BCUT2D eigenvalue weighted by Crippen LogP contribution is -2.33. The summed E-state index contributed by atoms with van der Waals surface area (Å²) in [5.41, 5.74) is 0.403. The van der Waals surface area contributed by atoms with Gasteiger partial charge in [0.25, 0.3) is 11.5 Å². The molecule has 1 fully saturated rings. The molecular weight excluding hydrogens is 484 g/mol. The second-order valence-electron chi connectivity index (χ2n) is 8.99. The standard InChI is InChI=1S/C25H25ClN6O4/c1-30-23(35)18-11-10-15(22(34)28-17-7-3-4-8-17)12-20(18)32-24(30)29-31(25(32)36)14-21(33)27-13-16-6-2-5-9-19(16)26/h2,5-6,9-12,17H,3-4,7-8,13-14H2,1H3,(H,27,33)(H,28,34).